The zero-order valence-corrected chi connectivity index (χ0v) is 20.1. The molecule has 184 valence electrons. The van der Waals surface area contributed by atoms with E-state index in [1.165, 1.54) is 0 Å². The quantitative estimate of drug-likeness (QED) is 0.594. The molecule has 0 spiro atoms. The fraction of sp³-hybridized carbons (Fsp3) is 0.464. The minimum absolute atomic E-state index is 0.0154. The van der Waals surface area contributed by atoms with Crippen molar-refractivity contribution in [2.75, 3.05) is 13.2 Å². The molecular formula is C28H32N2O5. The molecule has 2 saturated heterocycles. The van der Waals surface area contributed by atoms with Crippen molar-refractivity contribution in [3.8, 4) is 11.1 Å². The molecule has 2 aromatic rings. The Labute approximate surface area is 205 Å². The molecule has 4 aliphatic rings. The number of nitrogens with one attached hydrogen (secondary N) is 1. The number of alkyl carbamates (subject to hydrolysis) is 1. The third-order valence-electron chi connectivity index (χ3n) is 7.83. The van der Waals surface area contributed by atoms with Crippen LogP contribution in [-0.2, 0) is 14.3 Å². The Hall–Kier alpha value is -3.35. The van der Waals surface area contributed by atoms with Gasteiger partial charge in [-0.05, 0) is 53.4 Å². The van der Waals surface area contributed by atoms with Gasteiger partial charge in [-0.1, -0.05) is 62.4 Å². The molecule has 4 atom stereocenters. The number of hydrogen-bond acceptors (Lipinski definition) is 4. The highest BCUT2D eigenvalue weighted by molar-refractivity contribution is 5.88. The van der Waals surface area contributed by atoms with Crippen LogP contribution >= 0.6 is 0 Å². The standard InChI is InChI=1S/C28H32N2O5/c1-16(2)11-12-23(26(31)30-14-17-13-24(30)25(17)27(32)33)29-28(34)35-15-22-20-9-5-3-7-18(20)19-8-4-6-10-21(19)22/h3-10,16-17,22-25H,11-15H2,1-2H3,(H,29,34)(H,32,33). The number of hydrogen-bond donors (Lipinski definition) is 2. The number of carbonyl (C=O) groups is 3. The lowest BCUT2D eigenvalue weighted by Gasteiger charge is -2.34. The van der Waals surface area contributed by atoms with Crippen LogP contribution in [0.4, 0.5) is 4.79 Å². The lowest BCUT2D eigenvalue weighted by atomic mass is 9.74. The normalized spacial score (nSPS) is 22.8. The van der Waals surface area contributed by atoms with Crippen molar-refractivity contribution in [3.63, 3.8) is 0 Å². The van der Waals surface area contributed by atoms with Crippen molar-refractivity contribution in [2.24, 2.45) is 17.8 Å². The van der Waals surface area contributed by atoms with E-state index in [1.807, 2.05) is 24.3 Å². The third-order valence-corrected chi connectivity index (χ3v) is 7.83. The highest BCUT2D eigenvalue weighted by Crippen LogP contribution is 2.47. The fourth-order valence-electron chi connectivity index (χ4n) is 5.98. The maximum atomic E-state index is 13.3. The number of ether oxygens (including phenoxy) is 1. The first-order valence-corrected chi connectivity index (χ1v) is 12.5. The zero-order chi connectivity index (χ0) is 24.7. The molecule has 7 nitrogen and oxygen atoms in total. The number of carbonyl (C=O) groups excluding carboxylic acids is 2. The summed E-state index contributed by atoms with van der Waals surface area (Å²) in [6.07, 6.45) is 1.37. The van der Waals surface area contributed by atoms with Crippen molar-refractivity contribution >= 4 is 18.0 Å². The number of benzene rings is 2. The van der Waals surface area contributed by atoms with E-state index in [0.29, 0.717) is 18.9 Å². The summed E-state index contributed by atoms with van der Waals surface area (Å²) in [5.41, 5.74) is 4.57. The number of nitrogens with zero attached hydrogens (tertiary/aromatic N) is 1. The minimum Gasteiger partial charge on any atom is -0.481 e. The van der Waals surface area contributed by atoms with Gasteiger partial charge in [0.1, 0.15) is 12.6 Å². The molecule has 0 aromatic heterocycles. The first-order valence-electron chi connectivity index (χ1n) is 12.5. The number of amides is 2. The van der Waals surface area contributed by atoms with Crippen LogP contribution in [0.1, 0.15) is 50.2 Å². The van der Waals surface area contributed by atoms with E-state index in [4.69, 9.17) is 4.74 Å². The van der Waals surface area contributed by atoms with Gasteiger partial charge in [0, 0.05) is 18.5 Å². The van der Waals surface area contributed by atoms with Crippen LogP contribution in [-0.4, -0.2) is 53.2 Å². The molecule has 2 aliphatic heterocycles. The van der Waals surface area contributed by atoms with Crippen LogP contribution < -0.4 is 5.32 Å². The molecule has 2 aromatic carbocycles. The molecule has 4 unspecified atom stereocenters. The maximum Gasteiger partial charge on any atom is 0.407 e. The minimum atomic E-state index is -0.843. The molecule has 2 amide bonds. The predicted molar refractivity (Wildman–Crippen MR) is 131 cm³/mol. The fourth-order valence-corrected chi connectivity index (χ4v) is 5.98. The highest BCUT2D eigenvalue weighted by Gasteiger charge is 2.57. The Bertz CT molecular complexity index is 1100. The second-order valence-corrected chi connectivity index (χ2v) is 10.4. The van der Waals surface area contributed by atoms with Crippen molar-refractivity contribution in [2.45, 2.75) is 51.1 Å². The number of carboxylic acids is 1. The molecule has 35 heavy (non-hydrogen) atoms. The monoisotopic (exact) mass is 476 g/mol. The van der Waals surface area contributed by atoms with Gasteiger partial charge in [0.2, 0.25) is 5.91 Å². The second kappa shape index (κ2) is 9.36. The average Bonchev–Trinajstić information content (AvgIpc) is 3.50. The van der Waals surface area contributed by atoms with Crippen LogP contribution in [0.5, 0.6) is 0 Å². The molecule has 2 N–H and O–H groups in total. The van der Waals surface area contributed by atoms with Gasteiger partial charge in [0.15, 0.2) is 0 Å². The lowest BCUT2D eigenvalue weighted by Crippen LogP contribution is -2.52. The Morgan fingerprint density at radius 1 is 1.03 bits per heavy atom. The van der Waals surface area contributed by atoms with Crippen molar-refractivity contribution in [1.82, 2.24) is 10.2 Å². The smallest absolute Gasteiger partial charge is 0.407 e. The molecular weight excluding hydrogens is 444 g/mol. The largest absolute Gasteiger partial charge is 0.481 e. The summed E-state index contributed by atoms with van der Waals surface area (Å²) in [5.74, 6) is -1.20. The maximum absolute atomic E-state index is 13.3. The Morgan fingerprint density at radius 2 is 1.66 bits per heavy atom. The SMILES string of the molecule is CC(C)CCC(NC(=O)OCC1c2ccccc2-c2ccccc21)C(=O)N1CC2CC1C2C(=O)O. The van der Waals surface area contributed by atoms with E-state index in [-0.39, 0.29) is 30.4 Å². The van der Waals surface area contributed by atoms with Gasteiger partial charge in [-0.3, -0.25) is 9.59 Å². The summed E-state index contributed by atoms with van der Waals surface area (Å²) in [6.45, 7) is 4.77. The van der Waals surface area contributed by atoms with Crippen molar-refractivity contribution < 1.29 is 24.2 Å². The first kappa shape index (κ1) is 23.4. The topological polar surface area (TPSA) is 95.9 Å². The van der Waals surface area contributed by atoms with Crippen LogP contribution in [0.15, 0.2) is 48.5 Å². The Morgan fingerprint density at radius 3 is 2.23 bits per heavy atom. The van der Waals surface area contributed by atoms with Crippen LogP contribution in [0.3, 0.4) is 0 Å². The van der Waals surface area contributed by atoms with E-state index in [9.17, 15) is 19.5 Å². The average molecular weight is 477 g/mol. The summed E-state index contributed by atoms with van der Waals surface area (Å²) in [5, 5.41) is 12.3. The van der Waals surface area contributed by atoms with E-state index in [2.05, 4.69) is 43.4 Å². The molecule has 0 radical (unpaired) electrons. The van der Waals surface area contributed by atoms with Gasteiger partial charge in [0.25, 0.3) is 0 Å². The van der Waals surface area contributed by atoms with Gasteiger partial charge in [0.05, 0.1) is 5.92 Å². The second-order valence-electron chi connectivity index (χ2n) is 10.4. The van der Waals surface area contributed by atoms with Crippen LogP contribution in [0.25, 0.3) is 11.1 Å². The molecule has 1 saturated carbocycles. The first-order chi connectivity index (χ1) is 16.8. The van der Waals surface area contributed by atoms with Crippen LogP contribution in [0.2, 0.25) is 0 Å². The summed E-state index contributed by atoms with van der Waals surface area (Å²) >= 11 is 0. The lowest BCUT2D eigenvalue weighted by molar-refractivity contribution is -0.148. The molecule has 3 fully saturated rings. The molecule has 2 bridgehead atoms. The zero-order valence-electron chi connectivity index (χ0n) is 20.1. The molecule has 7 heteroatoms. The third kappa shape index (κ3) is 4.28. The Kier molecular flexibility index (Phi) is 6.26. The molecule has 2 aliphatic carbocycles. The number of aliphatic carboxylic acids is 1. The number of fused-ring (bicyclic) bond motifs is 4. The molecule has 6 rings (SSSR count). The number of carboxylic acid groups (broad SMARTS) is 1. The Balaban J connectivity index is 1.25. The highest BCUT2D eigenvalue weighted by atomic mass is 16.5. The number of rotatable bonds is 8. The summed E-state index contributed by atoms with van der Waals surface area (Å²) in [4.78, 5) is 39.4. The van der Waals surface area contributed by atoms with Gasteiger partial charge in [-0.15, -0.1) is 0 Å². The van der Waals surface area contributed by atoms with E-state index in [0.717, 1.165) is 35.1 Å². The summed E-state index contributed by atoms with van der Waals surface area (Å²) in [6, 6.07) is 15.3. The summed E-state index contributed by atoms with van der Waals surface area (Å²) in [7, 11) is 0. The van der Waals surface area contributed by atoms with E-state index in [1.54, 1.807) is 4.90 Å². The van der Waals surface area contributed by atoms with Crippen LogP contribution in [0, 0.1) is 17.8 Å². The van der Waals surface area contributed by atoms with Gasteiger partial charge < -0.3 is 20.1 Å². The van der Waals surface area contributed by atoms with Crippen molar-refractivity contribution in [3.05, 3.63) is 59.7 Å². The van der Waals surface area contributed by atoms with Gasteiger partial charge in [-0.2, -0.15) is 0 Å². The van der Waals surface area contributed by atoms with Gasteiger partial charge >= 0.3 is 12.1 Å². The van der Waals surface area contributed by atoms with Gasteiger partial charge in [-0.25, -0.2) is 4.79 Å². The van der Waals surface area contributed by atoms with E-state index >= 15 is 0 Å². The predicted octanol–water partition coefficient (Wildman–Crippen LogP) is 4.26. The van der Waals surface area contributed by atoms with Crippen molar-refractivity contribution in [1.29, 1.82) is 0 Å². The molecule has 2 heterocycles. The summed E-state index contributed by atoms with van der Waals surface area (Å²) < 4.78 is 5.67. The van der Waals surface area contributed by atoms with E-state index < -0.39 is 24.0 Å².